The van der Waals surface area contributed by atoms with Crippen LogP contribution in [-0.2, 0) is 14.6 Å². The van der Waals surface area contributed by atoms with E-state index >= 15 is 0 Å². The van der Waals surface area contributed by atoms with Gasteiger partial charge in [0.05, 0.1) is 22.9 Å². The molecule has 5 nitrogen and oxygen atoms in total. The second-order valence-corrected chi connectivity index (χ2v) is 8.70. The van der Waals surface area contributed by atoms with Crippen molar-refractivity contribution in [3.8, 4) is 0 Å². The van der Waals surface area contributed by atoms with E-state index in [4.69, 9.17) is 23.2 Å². The van der Waals surface area contributed by atoms with Gasteiger partial charge in [-0.15, -0.1) is 11.6 Å². The maximum Gasteiger partial charge on any atom is 0.275 e. The summed E-state index contributed by atoms with van der Waals surface area (Å²) in [6.45, 7) is 2.20. The lowest BCUT2D eigenvalue weighted by molar-refractivity contribution is -0.682. The van der Waals surface area contributed by atoms with Crippen LogP contribution in [0.25, 0.3) is 0 Å². The van der Waals surface area contributed by atoms with E-state index in [-0.39, 0.29) is 30.0 Å². The normalized spacial score (nSPS) is 24.9. The van der Waals surface area contributed by atoms with E-state index in [1.54, 1.807) is 0 Å². The van der Waals surface area contributed by atoms with Crippen LogP contribution >= 0.6 is 23.2 Å². The molecule has 1 heterocycles. The van der Waals surface area contributed by atoms with Gasteiger partial charge < -0.3 is 10.6 Å². The van der Waals surface area contributed by atoms with Crippen LogP contribution in [-0.4, -0.2) is 43.8 Å². The Morgan fingerprint density at radius 1 is 1.36 bits per heavy atom. The molecule has 1 saturated heterocycles. The first-order valence-corrected chi connectivity index (χ1v) is 9.63. The number of quaternary nitrogens is 1. The summed E-state index contributed by atoms with van der Waals surface area (Å²) in [5, 5.41) is 4.70. The number of amides is 1. The third kappa shape index (κ3) is 4.84. The Morgan fingerprint density at radius 3 is 2.55 bits per heavy atom. The van der Waals surface area contributed by atoms with E-state index in [0.717, 1.165) is 5.56 Å². The van der Waals surface area contributed by atoms with Gasteiger partial charge >= 0.3 is 0 Å². The third-order valence-electron chi connectivity index (χ3n) is 3.68. The maximum absolute atomic E-state index is 11.9. The van der Waals surface area contributed by atoms with Gasteiger partial charge in [0.1, 0.15) is 6.04 Å². The molecule has 1 fully saturated rings. The predicted molar refractivity (Wildman–Crippen MR) is 86.9 cm³/mol. The number of hydrogen-bond acceptors (Lipinski definition) is 3. The molecule has 3 atom stereocenters. The molecule has 122 valence electrons. The highest BCUT2D eigenvalue weighted by Gasteiger charge is 2.37. The van der Waals surface area contributed by atoms with Crippen LogP contribution in [0.2, 0.25) is 5.02 Å². The van der Waals surface area contributed by atoms with Crippen LogP contribution in [0.5, 0.6) is 0 Å². The molecular formula is C14H19Cl2N2O3S+. The number of alkyl halides is 1. The van der Waals surface area contributed by atoms with Crippen LogP contribution in [0, 0.1) is 0 Å². The van der Waals surface area contributed by atoms with Crippen molar-refractivity contribution in [1.29, 1.82) is 0 Å². The topological polar surface area (TPSA) is 79.8 Å². The summed E-state index contributed by atoms with van der Waals surface area (Å²) >= 11 is 11.8. The zero-order chi connectivity index (χ0) is 16.3. The van der Waals surface area contributed by atoms with Crippen LogP contribution in [0.1, 0.15) is 18.5 Å². The monoisotopic (exact) mass is 365 g/mol. The lowest BCUT2D eigenvalue weighted by Crippen LogP contribution is -2.87. The van der Waals surface area contributed by atoms with Crippen molar-refractivity contribution in [2.45, 2.75) is 24.4 Å². The lowest BCUT2D eigenvalue weighted by Gasteiger charge is -2.15. The summed E-state index contributed by atoms with van der Waals surface area (Å²) in [5.74, 6) is -0.377. The Hall–Kier alpha value is -0.820. The van der Waals surface area contributed by atoms with Gasteiger partial charge in [0.2, 0.25) is 0 Å². The van der Waals surface area contributed by atoms with Crippen molar-refractivity contribution in [3.63, 3.8) is 0 Å². The highest BCUT2D eigenvalue weighted by Crippen LogP contribution is 2.17. The van der Waals surface area contributed by atoms with Gasteiger partial charge in [0, 0.05) is 10.6 Å². The first-order chi connectivity index (χ1) is 10.3. The molecule has 2 rings (SSSR count). The molecular weight excluding hydrogens is 347 g/mol. The van der Waals surface area contributed by atoms with Crippen molar-refractivity contribution in [2.75, 3.05) is 18.1 Å². The minimum atomic E-state index is -3.14. The predicted octanol–water partition coefficient (Wildman–Crippen LogP) is 0.485. The fraction of sp³-hybridized carbons (Fsp3) is 0.500. The van der Waals surface area contributed by atoms with Gasteiger partial charge in [-0.3, -0.25) is 4.79 Å². The van der Waals surface area contributed by atoms with Gasteiger partial charge in [-0.1, -0.05) is 23.7 Å². The SMILES string of the molecule is C[C@@H]([NH2+]CC(=O)N[C@@H]1CS(=O)(=O)C[C@@H]1Cl)c1ccc(Cl)cc1. The van der Waals surface area contributed by atoms with Gasteiger partial charge in [-0.05, 0) is 19.1 Å². The van der Waals surface area contributed by atoms with E-state index in [1.165, 1.54) is 0 Å². The van der Waals surface area contributed by atoms with Gasteiger partial charge in [0.25, 0.3) is 5.91 Å². The van der Waals surface area contributed by atoms with Crippen molar-refractivity contribution < 1.29 is 18.5 Å². The molecule has 3 N–H and O–H groups in total. The molecule has 0 unspecified atom stereocenters. The molecule has 0 bridgehead atoms. The van der Waals surface area contributed by atoms with Crippen LogP contribution in [0.3, 0.4) is 0 Å². The molecule has 0 radical (unpaired) electrons. The molecule has 0 aliphatic carbocycles. The van der Waals surface area contributed by atoms with Gasteiger partial charge in [0.15, 0.2) is 16.4 Å². The van der Waals surface area contributed by atoms with Crippen LogP contribution in [0.15, 0.2) is 24.3 Å². The van der Waals surface area contributed by atoms with Crippen molar-refractivity contribution >= 4 is 38.9 Å². The molecule has 8 heteroatoms. The number of rotatable bonds is 5. The fourth-order valence-corrected chi connectivity index (χ4v) is 5.06. The van der Waals surface area contributed by atoms with Gasteiger partial charge in [-0.2, -0.15) is 0 Å². The van der Waals surface area contributed by atoms with Crippen LogP contribution in [0.4, 0.5) is 0 Å². The largest absolute Gasteiger partial charge is 0.346 e. The molecule has 1 aromatic carbocycles. The number of nitrogens with two attached hydrogens (primary N) is 1. The van der Waals surface area contributed by atoms with Crippen molar-refractivity contribution in [2.24, 2.45) is 0 Å². The van der Waals surface area contributed by atoms with Crippen LogP contribution < -0.4 is 10.6 Å². The number of carbonyl (C=O) groups excluding carboxylic acids is 1. The van der Waals surface area contributed by atoms with E-state index in [0.29, 0.717) is 5.02 Å². The van der Waals surface area contributed by atoms with Crippen molar-refractivity contribution in [1.82, 2.24) is 5.32 Å². The molecule has 0 aromatic heterocycles. The Balaban J connectivity index is 1.81. The van der Waals surface area contributed by atoms with Crippen molar-refractivity contribution in [3.05, 3.63) is 34.9 Å². The second kappa shape index (κ2) is 7.17. The summed E-state index contributed by atoms with van der Waals surface area (Å²) in [4.78, 5) is 11.9. The number of sulfone groups is 1. The number of halogens is 2. The highest BCUT2D eigenvalue weighted by molar-refractivity contribution is 7.91. The molecule has 0 saturated carbocycles. The first kappa shape index (κ1) is 17.5. The molecule has 0 spiro atoms. The standard InChI is InChI=1S/C14H18Cl2N2O3S/c1-9(10-2-4-11(15)5-3-10)17-6-14(19)18-13-8-22(20,21)7-12(13)16/h2-5,9,12-13,17H,6-8H2,1H3,(H,18,19)/p+1/t9-,12+,13-/m1/s1. The minimum Gasteiger partial charge on any atom is -0.346 e. The third-order valence-corrected chi connectivity index (χ3v) is 6.31. The summed E-state index contributed by atoms with van der Waals surface area (Å²) in [6, 6.07) is 7.05. The van der Waals surface area contributed by atoms with E-state index < -0.39 is 21.3 Å². The first-order valence-electron chi connectivity index (χ1n) is 6.99. The van der Waals surface area contributed by atoms with Gasteiger partial charge in [-0.25, -0.2) is 8.42 Å². The van der Waals surface area contributed by atoms with E-state index in [2.05, 4.69) is 5.32 Å². The quantitative estimate of drug-likeness (QED) is 0.745. The number of benzene rings is 1. The smallest absolute Gasteiger partial charge is 0.275 e. The highest BCUT2D eigenvalue weighted by atomic mass is 35.5. The summed E-state index contributed by atoms with van der Waals surface area (Å²) in [6.07, 6.45) is 0. The Kier molecular flexibility index (Phi) is 5.71. The van der Waals surface area contributed by atoms with E-state index in [9.17, 15) is 13.2 Å². The average molecular weight is 366 g/mol. The fourth-order valence-electron chi connectivity index (χ4n) is 2.39. The average Bonchev–Trinajstić information content (AvgIpc) is 2.69. The molecule has 1 amide bonds. The van der Waals surface area contributed by atoms with E-state index in [1.807, 2.05) is 36.5 Å². The number of carbonyl (C=O) groups is 1. The zero-order valence-electron chi connectivity index (χ0n) is 12.1. The summed E-state index contributed by atoms with van der Waals surface area (Å²) < 4.78 is 22.9. The zero-order valence-corrected chi connectivity index (χ0v) is 14.5. The molecule has 1 aromatic rings. The number of nitrogens with one attached hydrogen (secondary N) is 1. The summed E-state index contributed by atoms with van der Waals surface area (Å²) in [5.41, 5.74) is 1.07. The number of hydrogen-bond donors (Lipinski definition) is 2. The molecule has 1 aliphatic rings. The lowest BCUT2D eigenvalue weighted by atomic mass is 10.1. The maximum atomic E-state index is 11.9. The Bertz CT molecular complexity index is 634. The minimum absolute atomic E-state index is 0.0790. The summed E-state index contributed by atoms with van der Waals surface area (Å²) in [7, 11) is -3.14. The molecule has 22 heavy (non-hydrogen) atoms. The molecule has 1 aliphatic heterocycles. The second-order valence-electron chi connectivity index (χ2n) is 5.55. The Morgan fingerprint density at radius 2 is 2.00 bits per heavy atom. The Labute approximate surface area is 140 Å².